The van der Waals surface area contributed by atoms with Gasteiger partial charge in [0.2, 0.25) is 6.29 Å². The molecule has 0 saturated carbocycles. The van der Waals surface area contributed by atoms with Crippen molar-refractivity contribution in [2.24, 2.45) is 5.41 Å². The number of hydrogen-bond donors (Lipinski definition) is 0. The smallest absolute Gasteiger partial charge is 0.311 e. The third-order valence-corrected chi connectivity index (χ3v) is 3.50. The maximum Gasteiger partial charge on any atom is 0.311 e. The van der Waals surface area contributed by atoms with Crippen molar-refractivity contribution in [3.63, 3.8) is 0 Å². The minimum Gasteiger partial charge on any atom is -0.463 e. The molecular formula is C12H19IO5. The molecule has 1 aliphatic heterocycles. The molecule has 0 aromatic carbocycles. The molecule has 0 amide bonds. The molecule has 0 aromatic rings. The van der Waals surface area contributed by atoms with Crippen LogP contribution in [0.3, 0.4) is 0 Å². The van der Waals surface area contributed by atoms with E-state index < -0.39 is 11.7 Å². The molecule has 0 bridgehead atoms. The van der Waals surface area contributed by atoms with E-state index in [1.165, 1.54) is 6.92 Å². The summed E-state index contributed by atoms with van der Waals surface area (Å²) in [5, 5.41) is 0. The standard InChI is InChI=1S/C12H19IO5/c1-7(14)17-10-9(13)5-8(18-10)6-16-11(15)12(2,3)4/h8-10H,5-6H2,1-4H3/t8-,9-,10-/m0/s1. The predicted molar refractivity (Wildman–Crippen MR) is 73.3 cm³/mol. The maximum atomic E-state index is 11.6. The molecule has 1 saturated heterocycles. The summed E-state index contributed by atoms with van der Waals surface area (Å²) >= 11 is 2.17. The van der Waals surface area contributed by atoms with Crippen molar-refractivity contribution >= 4 is 34.5 Å². The molecule has 1 aliphatic rings. The van der Waals surface area contributed by atoms with Crippen LogP contribution in [0.5, 0.6) is 0 Å². The van der Waals surface area contributed by atoms with Crippen LogP contribution in [-0.4, -0.2) is 34.9 Å². The summed E-state index contributed by atoms with van der Waals surface area (Å²) in [5.74, 6) is -0.624. The van der Waals surface area contributed by atoms with Crippen molar-refractivity contribution < 1.29 is 23.8 Å². The van der Waals surface area contributed by atoms with Crippen LogP contribution in [0.2, 0.25) is 0 Å². The number of hydrogen-bond acceptors (Lipinski definition) is 5. The lowest BCUT2D eigenvalue weighted by atomic mass is 9.97. The van der Waals surface area contributed by atoms with Gasteiger partial charge in [-0.05, 0) is 27.2 Å². The highest BCUT2D eigenvalue weighted by molar-refractivity contribution is 14.1. The topological polar surface area (TPSA) is 61.8 Å². The lowest BCUT2D eigenvalue weighted by Crippen LogP contribution is -2.28. The van der Waals surface area contributed by atoms with E-state index in [2.05, 4.69) is 22.6 Å². The van der Waals surface area contributed by atoms with E-state index in [9.17, 15) is 9.59 Å². The first-order valence-electron chi connectivity index (χ1n) is 5.84. The second-order valence-electron chi connectivity index (χ2n) is 5.34. The highest BCUT2D eigenvalue weighted by Crippen LogP contribution is 2.28. The quantitative estimate of drug-likeness (QED) is 0.432. The van der Waals surface area contributed by atoms with Gasteiger partial charge in [0.25, 0.3) is 0 Å². The van der Waals surface area contributed by atoms with E-state index in [0.29, 0.717) is 6.42 Å². The summed E-state index contributed by atoms with van der Waals surface area (Å²) in [7, 11) is 0. The minimum atomic E-state index is -0.540. The van der Waals surface area contributed by atoms with Gasteiger partial charge in [0.15, 0.2) is 0 Å². The Balaban J connectivity index is 2.38. The van der Waals surface area contributed by atoms with Crippen molar-refractivity contribution in [3.8, 4) is 0 Å². The van der Waals surface area contributed by atoms with E-state index >= 15 is 0 Å². The van der Waals surface area contributed by atoms with Gasteiger partial charge in [0.05, 0.1) is 15.4 Å². The monoisotopic (exact) mass is 370 g/mol. The molecule has 0 aromatic heterocycles. The molecule has 1 fully saturated rings. The van der Waals surface area contributed by atoms with Crippen molar-refractivity contribution in [3.05, 3.63) is 0 Å². The molecule has 0 spiro atoms. The average molecular weight is 370 g/mol. The van der Waals surface area contributed by atoms with Gasteiger partial charge in [0, 0.05) is 6.92 Å². The van der Waals surface area contributed by atoms with Crippen LogP contribution >= 0.6 is 22.6 Å². The van der Waals surface area contributed by atoms with Gasteiger partial charge in [-0.1, -0.05) is 22.6 Å². The number of ether oxygens (including phenoxy) is 3. The molecule has 104 valence electrons. The van der Waals surface area contributed by atoms with Crippen LogP contribution in [0.15, 0.2) is 0 Å². The van der Waals surface area contributed by atoms with Crippen molar-refractivity contribution in [1.29, 1.82) is 0 Å². The number of carbonyl (C=O) groups is 2. The van der Waals surface area contributed by atoms with E-state index in [1.807, 2.05) is 0 Å². The van der Waals surface area contributed by atoms with Crippen LogP contribution in [0, 0.1) is 5.41 Å². The van der Waals surface area contributed by atoms with Gasteiger partial charge >= 0.3 is 11.9 Å². The number of esters is 2. The lowest BCUT2D eigenvalue weighted by Gasteiger charge is -2.19. The van der Waals surface area contributed by atoms with E-state index in [4.69, 9.17) is 14.2 Å². The fraction of sp³-hybridized carbons (Fsp3) is 0.833. The molecule has 5 nitrogen and oxygen atoms in total. The number of alkyl halides is 1. The van der Waals surface area contributed by atoms with Gasteiger partial charge in [-0.15, -0.1) is 0 Å². The first-order chi connectivity index (χ1) is 8.20. The Kier molecular flexibility index (Phi) is 5.39. The summed E-state index contributed by atoms with van der Waals surface area (Å²) in [6.45, 7) is 6.95. The molecule has 1 rings (SSSR count). The van der Waals surface area contributed by atoms with Crippen molar-refractivity contribution in [1.82, 2.24) is 0 Å². The normalized spacial score (nSPS) is 27.9. The van der Waals surface area contributed by atoms with Gasteiger partial charge in [0.1, 0.15) is 6.61 Å². The molecule has 6 heteroatoms. The molecule has 0 aliphatic carbocycles. The first kappa shape index (κ1) is 15.7. The molecule has 0 N–H and O–H groups in total. The Hall–Kier alpha value is -0.370. The largest absolute Gasteiger partial charge is 0.463 e. The summed E-state index contributed by atoms with van der Waals surface area (Å²) in [6.07, 6.45) is -0.0420. The van der Waals surface area contributed by atoms with E-state index in [0.717, 1.165) is 0 Å². The van der Waals surface area contributed by atoms with Crippen LogP contribution in [-0.2, 0) is 23.8 Å². The van der Waals surface area contributed by atoms with Crippen molar-refractivity contribution in [2.45, 2.75) is 50.4 Å². The highest BCUT2D eigenvalue weighted by atomic mass is 127. The number of halogens is 1. The zero-order chi connectivity index (χ0) is 13.9. The van der Waals surface area contributed by atoms with Crippen LogP contribution < -0.4 is 0 Å². The molecule has 3 atom stereocenters. The van der Waals surface area contributed by atoms with Crippen LogP contribution in [0.4, 0.5) is 0 Å². The SMILES string of the molecule is CC(=O)O[C@H]1O[C@H](COC(=O)C(C)(C)C)C[C@@H]1I. The summed E-state index contributed by atoms with van der Waals surface area (Å²) in [6, 6.07) is 0. The summed E-state index contributed by atoms with van der Waals surface area (Å²) in [5.41, 5.74) is -0.516. The van der Waals surface area contributed by atoms with Gasteiger partial charge < -0.3 is 14.2 Å². The first-order valence-corrected chi connectivity index (χ1v) is 7.08. The van der Waals surface area contributed by atoms with Crippen LogP contribution in [0.25, 0.3) is 0 Å². The Labute approximate surface area is 121 Å². The van der Waals surface area contributed by atoms with Gasteiger partial charge in [-0.25, -0.2) is 0 Å². The molecular weight excluding hydrogens is 351 g/mol. The maximum absolute atomic E-state index is 11.6. The fourth-order valence-corrected chi connectivity index (χ4v) is 2.33. The third-order valence-electron chi connectivity index (χ3n) is 2.40. The zero-order valence-corrected chi connectivity index (χ0v) is 13.2. The summed E-state index contributed by atoms with van der Waals surface area (Å²) < 4.78 is 15.8. The fourth-order valence-electron chi connectivity index (χ4n) is 1.45. The second kappa shape index (κ2) is 6.18. The van der Waals surface area contributed by atoms with E-state index in [1.54, 1.807) is 20.8 Å². The predicted octanol–water partition coefficient (Wildman–Crippen LogP) is 2.06. The van der Waals surface area contributed by atoms with Crippen molar-refractivity contribution in [2.75, 3.05) is 6.61 Å². The average Bonchev–Trinajstić information content (AvgIpc) is 2.54. The Morgan fingerprint density at radius 2 is 2.00 bits per heavy atom. The summed E-state index contributed by atoms with van der Waals surface area (Å²) in [4.78, 5) is 22.5. The second-order valence-corrected chi connectivity index (χ2v) is 6.94. The lowest BCUT2D eigenvalue weighted by molar-refractivity contribution is -0.178. The molecule has 0 radical (unpaired) electrons. The van der Waals surface area contributed by atoms with Gasteiger partial charge in [-0.3, -0.25) is 9.59 Å². The third kappa shape index (κ3) is 4.72. The molecule has 18 heavy (non-hydrogen) atoms. The number of rotatable bonds is 3. The van der Waals surface area contributed by atoms with Crippen LogP contribution in [0.1, 0.15) is 34.1 Å². The van der Waals surface area contributed by atoms with E-state index in [-0.39, 0.29) is 28.6 Å². The Bertz CT molecular complexity index is 323. The minimum absolute atomic E-state index is 0.0878. The number of carbonyl (C=O) groups excluding carboxylic acids is 2. The zero-order valence-electron chi connectivity index (χ0n) is 11.1. The Morgan fingerprint density at radius 3 is 2.50 bits per heavy atom. The Morgan fingerprint density at radius 1 is 1.39 bits per heavy atom. The highest BCUT2D eigenvalue weighted by Gasteiger charge is 2.37. The van der Waals surface area contributed by atoms with Gasteiger partial charge in [-0.2, -0.15) is 0 Å². The molecule has 1 heterocycles. The molecule has 0 unspecified atom stereocenters.